The third-order valence-corrected chi connectivity index (χ3v) is 5.37. The van der Waals surface area contributed by atoms with Crippen LogP contribution in [-0.4, -0.2) is 43.5 Å². The van der Waals surface area contributed by atoms with Gasteiger partial charge in [0.05, 0.1) is 6.54 Å². The number of benzene rings is 1. The van der Waals surface area contributed by atoms with Crippen LogP contribution in [0.1, 0.15) is 17.8 Å². The summed E-state index contributed by atoms with van der Waals surface area (Å²) in [6, 6.07) is 4.94. The van der Waals surface area contributed by atoms with Gasteiger partial charge in [0.2, 0.25) is 0 Å². The minimum atomic E-state index is -4.88. The van der Waals surface area contributed by atoms with Gasteiger partial charge in [-0.3, -0.25) is 13.9 Å². The van der Waals surface area contributed by atoms with Gasteiger partial charge in [0.25, 0.3) is 11.9 Å². The Morgan fingerprint density at radius 3 is 2.53 bits per heavy atom. The molecule has 1 atom stereocenters. The molecule has 14 heteroatoms. The molecule has 0 saturated heterocycles. The topological polar surface area (TPSA) is 124 Å². The number of aromatic nitrogens is 4. The molecule has 1 aliphatic rings. The van der Waals surface area contributed by atoms with Crippen LogP contribution in [0.5, 0.6) is 11.5 Å². The van der Waals surface area contributed by atoms with Gasteiger partial charge in [-0.1, -0.05) is 6.07 Å². The van der Waals surface area contributed by atoms with Crippen LogP contribution in [0.25, 0.3) is 0 Å². The molecule has 0 radical (unpaired) electrons. The summed E-state index contributed by atoms with van der Waals surface area (Å²) >= 11 is 0. The Labute approximate surface area is 202 Å². The molecule has 0 bridgehead atoms. The van der Waals surface area contributed by atoms with Crippen LogP contribution in [0.2, 0.25) is 0 Å². The number of hydrogen-bond donors (Lipinski definition) is 2. The average molecular weight is 508 g/mol. The van der Waals surface area contributed by atoms with Gasteiger partial charge in [-0.05, 0) is 25.5 Å². The number of halogens is 3. The maximum absolute atomic E-state index is 13.4. The molecule has 36 heavy (non-hydrogen) atoms. The van der Waals surface area contributed by atoms with E-state index in [2.05, 4.69) is 20.0 Å². The van der Waals surface area contributed by atoms with E-state index in [4.69, 9.17) is 4.74 Å². The van der Waals surface area contributed by atoms with E-state index in [0.29, 0.717) is 11.4 Å². The Morgan fingerprint density at radius 1 is 1.17 bits per heavy atom. The lowest BCUT2D eigenvalue weighted by Gasteiger charge is -2.26. The van der Waals surface area contributed by atoms with E-state index in [9.17, 15) is 27.9 Å². The first-order valence-corrected chi connectivity index (χ1v) is 10.8. The Kier molecular flexibility index (Phi) is 6.88. The molecule has 4 rings (SSSR count). The summed E-state index contributed by atoms with van der Waals surface area (Å²) in [5.74, 6) is 0.262. The first kappa shape index (κ1) is 25.0. The first-order valence-electron chi connectivity index (χ1n) is 10.8. The lowest BCUT2D eigenvalue weighted by Crippen LogP contribution is -2.43. The van der Waals surface area contributed by atoms with Crippen molar-refractivity contribution in [1.29, 1.82) is 0 Å². The molecular weight excluding hydrogens is 485 g/mol. The van der Waals surface area contributed by atoms with Gasteiger partial charge < -0.3 is 24.8 Å². The quantitative estimate of drug-likeness (QED) is 0.468. The fourth-order valence-electron chi connectivity index (χ4n) is 3.74. The van der Waals surface area contributed by atoms with E-state index in [1.54, 1.807) is 19.3 Å². The second-order valence-corrected chi connectivity index (χ2v) is 7.98. The molecular formula is C22H23F3N6O5. The van der Waals surface area contributed by atoms with Crippen LogP contribution in [-0.2, 0) is 20.1 Å². The first-order chi connectivity index (χ1) is 17.1. The summed E-state index contributed by atoms with van der Waals surface area (Å²) < 4.78 is 50.1. The van der Waals surface area contributed by atoms with Crippen molar-refractivity contribution >= 4 is 11.5 Å². The summed E-state index contributed by atoms with van der Waals surface area (Å²) in [5.41, 5.74) is -0.474. The number of anilines is 2. The predicted octanol–water partition coefficient (Wildman–Crippen LogP) is 1.72. The highest BCUT2D eigenvalue weighted by atomic mass is 19.4. The Hall–Kier alpha value is -4.07. The summed E-state index contributed by atoms with van der Waals surface area (Å²) in [6.45, 7) is 1.59. The number of ether oxygens (including phenoxy) is 2. The molecule has 0 amide bonds. The number of aliphatic hydroxyl groups is 1. The second-order valence-electron chi connectivity index (χ2n) is 7.98. The van der Waals surface area contributed by atoms with E-state index in [1.165, 1.54) is 28.6 Å². The Morgan fingerprint density at radius 2 is 1.86 bits per heavy atom. The summed E-state index contributed by atoms with van der Waals surface area (Å²) in [6.07, 6.45) is -2.62. The fraction of sp³-hybridized carbons (Fsp3) is 0.364. The lowest BCUT2D eigenvalue weighted by molar-refractivity contribution is -0.274. The van der Waals surface area contributed by atoms with Crippen molar-refractivity contribution in [2.45, 2.75) is 39.1 Å². The zero-order valence-electron chi connectivity index (χ0n) is 19.3. The van der Waals surface area contributed by atoms with Gasteiger partial charge in [0.15, 0.2) is 0 Å². The van der Waals surface area contributed by atoms with Crippen LogP contribution >= 0.6 is 0 Å². The molecule has 1 unspecified atom stereocenters. The van der Waals surface area contributed by atoms with Crippen LogP contribution in [0.4, 0.5) is 24.7 Å². The van der Waals surface area contributed by atoms with Crippen molar-refractivity contribution in [2.75, 3.05) is 16.8 Å². The van der Waals surface area contributed by atoms with Gasteiger partial charge in [0.1, 0.15) is 28.8 Å². The van der Waals surface area contributed by atoms with E-state index in [1.807, 2.05) is 0 Å². The minimum Gasteiger partial charge on any atom is -0.452 e. The highest BCUT2D eigenvalue weighted by Gasteiger charge is 2.37. The van der Waals surface area contributed by atoms with E-state index in [0.717, 1.165) is 16.7 Å². The Bertz CT molecular complexity index is 1360. The zero-order valence-corrected chi connectivity index (χ0v) is 19.3. The molecule has 1 aromatic carbocycles. The van der Waals surface area contributed by atoms with Crippen LogP contribution < -0.4 is 30.9 Å². The summed E-state index contributed by atoms with van der Waals surface area (Å²) in [7, 11) is 1.47. The summed E-state index contributed by atoms with van der Waals surface area (Å²) in [5, 5.41) is 12.1. The van der Waals surface area contributed by atoms with Gasteiger partial charge in [-0.2, -0.15) is 0 Å². The molecule has 11 nitrogen and oxygen atoms in total. The van der Waals surface area contributed by atoms with Gasteiger partial charge in [0, 0.05) is 44.2 Å². The number of aryl methyl sites for hydroxylation is 1. The molecule has 192 valence electrons. The van der Waals surface area contributed by atoms with Crippen LogP contribution in [0, 0.1) is 6.92 Å². The number of aliphatic hydroxyl groups excluding tert-OH is 1. The number of alkyl halides is 3. The van der Waals surface area contributed by atoms with Crippen molar-refractivity contribution < 1.29 is 27.8 Å². The highest BCUT2D eigenvalue weighted by molar-refractivity contribution is 5.71. The van der Waals surface area contributed by atoms with Gasteiger partial charge in [-0.25, -0.2) is 14.8 Å². The third kappa shape index (κ3) is 5.27. The minimum absolute atomic E-state index is 0.000873. The molecule has 0 aliphatic carbocycles. The maximum Gasteiger partial charge on any atom is 0.573 e. The third-order valence-electron chi connectivity index (χ3n) is 5.37. The SMILES string of the molecule is Cc1ncc(CN2c3c(n(C)c(=O)n(CCCO)c3=O)NC2Oc2cccc(OC(F)(F)F)c2)cn1. The number of nitrogens with one attached hydrogen (secondary N) is 1. The molecule has 0 saturated carbocycles. The number of nitrogens with zero attached hydrogens (tertiary/aromatic N) is 5. The highest BCUT2D eigenvalue weighted by Crippen LogP contribution is 2.34. The predicted molar refractivity (Wildman–Crippen MR) is 122 cm³/mol. The number of fused-ring (bicyclic) bond motifs is 1. The Balaban J connectivity index is 1.74. The van der Waals surface area contributed by atoms with Crippen molar-refractivity contribution in [3.63, 3.8) is 0 Å². The second kappa shape index (κ2) is 9.89. The fourth-order valence-corrected chi connectivity index (χ4v) is 3.74. The molecule has 3 heterocycles. The average Bonchev–Trinajstić information content (AvgIpc) is 3.16. The summed E-state index contributed by atoms with van der Waals surface area (Å²) in [4.78, 5) is 36.0. The van der Waals surface area contributed by atoms with Gasteiger partial charge >= 0.3 is 12.1 Å². The molecule has 1 aliphatic heterocycles. The van der Waals surface area contributed by atoms with Crippen molar-refractivity contribution in [1.82, 2.24) is 19.1 Å². The van der Waals surface area contributed by atoms with Crippen LogP contribution in [0.15, 0.2) is 46.2 Å². The molecule has 2 aromatic heterocycles. The van der Waals surface area contributed by atoms with E-state index < -0.39 is 29.7 Å². The number of hydrogen-bond acceptors (Lipinski definition) is 9. The van der Waals surface area contributed by atoms with Crippen molar-refractivity contribution in [3.8, 4) is 11.5 Å². The van der Waals surface area contributed by atoms with Crippen molar-refractivity contribution in [2.24, 2.45) is 7.05 Å². The molecule has 0 spiro atoms. The normalized spacial score (nSPS) is 14.9. The standard InChI is InChI=1S/C22H23F3N6O5/c1-13-26-10-14(11-27-13)12-31-17-18(29(2)21(34)30(19(17)33)7-4-8-32)28-20(31)35-15-5-3-6-16(9-15)36-22(23,24)25/h3,5-6,9-11,20,28,32H,4,7-8,12H2,1-2H3. The van der Waals surface area contributed by atoms with E-state index in [-0.39, 0.29) is 43.4 Å². The van der Waals surface area contributed by atoms with Crippen LogP contribution in [0.3, 0.4) is 0 Å². The smallest absolute Gasteiger partial charge is 0.452 e. The monoisotopic (exact) mass is 508 g/mol. The van der Waals surface area contributed by atoms with Crippen molar-refractivity contribution in [3.05, 3.63) is 68.9 Å². The zero-order chi connectivity index (χ0) is 26.0. The van der Waals surface area contributed by atoms with E-state index >= 15 is 0 Å². The largest absolute Gasteiger partial charge is 0.573 e. The maximum atomic E-state index is 13.4. The molecule has 0 fully saturated rings. The number of rotatable bonds is 8. The molecule has 2 N–H and O–H groups in total. The molecule has 3 aromatic rings. The van der Waals surface area contributed by atoms with Gasteiger partial charge in [-0.15, -0.1) is 13.2 Å². The lowest BCUT2D eigenvalue weighted by atomic mass is 10.3.